The van der Waals surface area contributed by atoms with Crippen molar-refractivity contribution in [1.29, 1.82) is 0 Å². The third-order valence-electron chi connectivity index (χ3n) is 1.19. The first kappa shape index (κ1) is 12.0. The molecule has 0 aliphatic rings. The average Bonchev–Trinajstić information content (AvgIpc) is 2.13. The number of aromatic hydroxyl groups is 1. The first-order valence-electron chi connectivity index (χ1n) is 3.83. The maximum absolute atomic E-state index is 10.4. The molecule has 0 saturated heterocycles. The molecule has 0 aliphatic heterocycles. The van der Waals surface area contributed by atoms with Crippen molar-refractivity contribution >= 4 is 21.9 Å². The number of carboxylic acids is 1. The molecular formula is C9H11BrO3. The van der Waals surface area contributed by atoms with Crippen LogP contribution >= 0.6 is 15.9 Å². The first-order chi connectivity index (χ1) is 6.11. The third kappa shape index (κ3) is 3.46. The van der Waals surface area contributed by atoms with Gasteiger partial charge in [0.15, 0.2) is 0 Å². The van der Waals surface area contributed by atoms with Crippen LogP contribution in [0.2, 0.25) is 0 Å². The molecule has 0 saturated carbocycles. The normalized spacial score (nSPS) is 8.54. The average molecular weight is 247 g/mol. The summed E-state index contributed by atoms with van der Waals surface area (Å²) in [5, 5.41) is 17.5. The van der Waals surface area contributed by atoms with Gasteiger partial charge in [0.25, 0.3) is 0 Å². The summed E-state index contributed by atoms with van der Waals surface area (Å²) in [5.74, 6) is -0.972. The molecule has 0 heterocycles. The van der Waals surface area contributed by atoms with Crippen LogP contribution in [0.1, 0.15) is 24.2 Å². The van der Waals surface area contributed by atoms with E-state index in [4.69, 9.17) is 10.2 Å². The fourth-order valence-corrected chi connectivity index (χ4v) is 1.02. The number of phenols is 1. The van der Waals surface area contributed by atoms with Gasteiger partial charge in [-0.15, -0.1) is 0 Å². The van der Waals surface area contributed by atoms with Gasteiger partial charge in [-0.25, -0.2) is 4.79 Å². The summed E-state index contributed by atoms with van der Waals surface area (Å²) >= 11 is 3.00. The van der Waals surface area contributed by atoms with Gasteiger partial charge in [0.1, 0.15) is 5.75 Å². The summed E-state index contributed by atoms with van der Waals surface area (Å²) in [6.45, 7) is 4.00. The molecule has 0 radical (unpaired) electrons. The Hall–Kier alpha value is -1.03. The van der Waals surface area contributed by atoms with Crippen LogP contribution in [0, 0.1) is 0 Å². The van der Waals surface area contributed by atoms with E-state index in [9.17, 15) is 4.79 Å². The molecular weight excluding hydrogens is 236 g/mol. The van der Waals surface area contributed by atoms with Crippen molar-refractivity contribution in [2.75, 3.05) is 0 Å². The molecule has 0 bridgehead atoms. The Bertz CT molecular complexity index is 297. The molecule has 0 aliphatic carbocycles. The Morgan fingerprint density at radius 1 is 1.38 bits per heavy atom. The lowest BCUT2D eigenvalue weighted by Gasteiger charge is -1.97. The van der Waals surface area contributed by atoms with Crippen molar-refractivity contribution in [3.63, 3.8) is 0 Å². The molecule has 2 N–H and O–H groups in total. The highest BCUT2D eigenvalue weighted by Gasteiger charge is 2.04. The number of hydrogen-bond acceptors (Lipinski definition) is 2. The van der Waals surface area contributed by atoms with Crippen LogP contribution in [0.4, 0.5) is 0 Å². The molecule has 0 atom stereocenters. The van der Waals surface area contributed by atoms with Gasteiger partial charge in [-0.1, -0.05) is 13.8 Å². The number of phenolic OH excluding ortho intramolecular Hbond substituents is 1. The Morgan fingerprint density at radius 3 is 2.31 bits per heavy atom. The van der Waals surface area contributed by atoms with Crippen molar-refractivity contribution < 1.29 is 15.0 Å². The van der Waals surface area contributed by atoms with Crippen LogP contribution in [-0.2, 0) is 0 Å². The standard InChI is InChI=1S/C7H5BrO3.C2H6/c8-5-3-4(7(10)11)1-2-6(5)9;1-2/h1-3,9H,(H,10,11);1-2H3. The van der Waals surface area contributed by atoms with Gasteiger partial charge >= 0.3 is 5.97 Å². The molecule has 1 aromatic rings. The molecule has 72 valence electrons. The lowest BCUT2D eigenvalue weighted by Crippen LogP contribution is -1.94. The Labute approximate surface area is 85.1 Å². The van der Waals surface area contributed by atoms with Crippen molar-refractivity contribution in [1.82, 2.24) is 0 Å². The second-order valence-electron chi connectivity index (χ2n) is 1.97. The van der Waals surface area contributed by atoms with Crippen molar-refractivity contribution in [3.05, 3.63) is 28.2 Å². The van der Waals surface area contributed by atoms with Gasteiger partial charge in [0.05, 0.1) is 10.0 Å². The highest BCUT2D eigenvalue weighted by molar-refractivity contribution is 9.10. The van der Waals surface area contributed by atoms with E-state index in [1.54, 1.807) is 0 Å². The van der Waals surface area contributed by atoms with E-state index in [1.807, 2.05) is 13.8 Å². The number of halogens is 1. The van der Waals surface area contributed by atoms with Crippen LogP contribution in [0.5, 0.6) is 5.75 Å². The second-order valence-corrected chi connectivity index (χ2v) is 2.83. The summed E-state index contributed by atoms with van der Waals surface area (Å²) in [5.41, 5.74) is 0.148. The molecule has 3 nitrogen and oxygen atoms in total. The topological polar surface area (TPSA) is 57.5 Å². The highest BCUT2D eigenvalue weighted by atomic mass is 79.9. The minimum atomic E-state index is -1.01. The second kappa shape index (κ2) is 5.59. The van der Waals surface area contributed by atoms with Crippen molar-refractivity contribution in [2.24, 2.45) is 0 Å². The zero-order valence-corrected chi connectivity index (χ0v) is 9.00. The molecule has 4 heteroatoms. The van der Waals surface area contributed by atoms with E-state index >= 15 is 0 Å². The zero-order chi connectivity index (χ0) is 10.4. The molecule has 13 heavy (non-hydrogen) atoms. The van der Waals surface area contributed by atoms with E-state index < -0.39 is 5.97 Å². The number of aromatic carboxylic acids is 1. The molecule has 1 rings (SSSR count). The first-order valence-corrected chi connectivity index (χ1v) is 4.62. The SMILES string of the molecule is CC.O=C(O)c1ccc(O)c(Br)c1. The Kier molecular flexibility index (Phi) is 5.14. The largest absolute Gasteiger partial charge is 0.507 e. The Morgan fingerprint density at radius 2 is 1.92 bits per heavy atom. The predicted octanol–water partition coefficient (Wildman–Crippen LogP) is 2.88. The van der Waals surface area contributed by atoms with E-state index in [0.717, 1.165) is 0 Å². The molecule has 1 aromatic carbocycles. The van der Waals surface area contributed by atoms with Crippen LogP contribution in [-0.4, -0.2) is 16.2 Å². The van der Waals surface area contributed by atoms with E-state index in [1.165, 1.54) is 18.2 Å². The van der Waals surface area contributed by atoms with E-state index in [0.29, 0.717) is 4.47 Å². The number of carbonyl (C=O) groups is 1. The van der Waals surface area contributed by atoms with Gasteiger partial charge in [-0.3, -0.25) is 0 Å². The smallest absolute Gasteiger partial charge is 0.335 e. The van der Waals surface area contributed by atoms with Crippen LogP contribution < -0.4 is 0 Å². The third-order valence-corrected chi connectivity index (χ3v) is 1.83. The highest BCUT2D eigenvalue weighted by Crippen LogP contribution is 2.23. The fraction of sp³-hybridized carbons (Fsp3) is 0.222. The predicted molar refractivity (Wildman–Crippen MR) is 54.1 cm³/mol. The molecule has 0 unspecified atom stereocenters. The molecule has 0 fully saturated rings. The van der Waals surface area contributed by atoms with Crippen molar-refractivity contribution in [2.45, 2.75) is 13.8 Å². The number of benzene rings is 1. The quantitative estimate of drug-likeness (QED) is 0.802. The maximum Gasteiger partial charge on any atom is 0.335 e. The summed E-state index contributed by atoms with van der Waals surface area (Å²) in [6, 6.07) is 4.01. The monoisotopic (exact) mass is 246 g/mol. The number of carboxylic acid groups (broad SMARTS) is 1. The minimum Gasteiger partial charge on any atom is -0.507 e. The molecule has 0 amide bonds. The summed E-state index contributed by atoms with van der Waals surface area (Å²) in [4.78, 5) is 10.4. The van der Waals surface area contributed by atoms with Gasteiger partial charge < -0.3 is 10.2 Å². The van der Waals surface area contributed by atoms with Crippen LogP contribution in [0.15, 0.2) is 22.7 Å². The lowest BCUT2D eigenvalue weighted by molar-refractivity contribution is 0.0697. The summed E-state index contributed by atoms with van der Waals surface area (Å²) in [6.07, 6.45) is 0. The fourth-order valence-electron chi connectivity index (χ4n) is 0.640. The summed E-state index contributed by atoms with van der Waals surface area (Å²) in [7, 11) is 0. The molecule has 0 aromatic heterocycles. The van der Waals surface area contributed by atoms with Gasteiger partial charge in [-0.2, -0.15) is 0 Å². The number of rotatable bonds is 1. The molecule has 0 spiro atoms. The van der Waals surface area contributed by atoms with E-state index in [2.05, 4.69) is 15.9 Å². The lowest BCUT2D eigenvalue weighted by atomic mass is 10.2. The number of hydrogen-bond donors (Lipinski definition) is 2. The van der Waals surface area contributed by atoms with E-state index in [-0.39, 0.29) is 11.3 Å². The van der Waals surface area contributed by atoms with Gasteiger partial charge in [0, 0.05) is 0 Å². The van der Waals surface area contributed by atoms with Crippen LogP contribution in [0.3, 0.4) is 0 Å². The maximum atomic E-state index is 10.4. The van der Waals surface area contributed by atoms with Gasteiger partial charge in [0.2, 0.25) is 0 Å². The zero-order valence-electron chi connectivity index (χ0n) is 7.41. The minimum absolute atomic E-state index is 0.0370. The Balaban J connectivity index is 0.000000671. The van der Waals surface area contributed by atoms with Gasteiger partial charge in [-0.05, 0) is 34.1 Å². The summed E-state index contributed by atoms with van der Waals surface area (Å²) < 4.78 is 0.386. The van der Waals surface area contributed by atoms with Crippen LogP contribution in [0.25, 0.3) is 0 Å². The van der Waals surface area contributed by atoms with Crippen molar-refractivity contribution in [3.8, 4) is 5.75 Å².